The molecule has 0 bridgehead atoms. The van der Waals surface area contributed by atoms with Crippen LogP contribution in [0, 0.1) is 0 Å². The van der Waals surface area contributed by atoms with Gasteiger partial charge in [-0.25, -0.2) is 9.97 Å². The maximum Gasteiger partial charge on any atom is 0.284 e. The van der Waals surface area contributed by atoms with Gasteiger partial charge in [-0.15, -0.1) is 0 Å². The standard InChI is InChI=1S/C17H11N3OS/c21-17-16-15(7-6-14(19-16)12-8-9-22-10-12)18-11-20(17)13-4-2-1-3-5-13/h1-11H. The van der Waals surface area contributed by atoms with Crippen molar-refractivity contribution >= 4 is 22.4 Å². The highest BCUT2D eigenvalue weighted by atomic mass is 32.1. The maximum absolute atomic E-state index is 12.7. The molecule has 4 nitrogen and oxygen atoms in total. The summed E-state index contributed by atoms with van der Waals surface area (Å²) in [5.74, 6) is 0. The van der Waals surface area contributed by atoms with Gasteiger partial charge in [0.25, 0.3) is 5.56 Å². The van der Waals surface area contributed by atoms with Gasteiger partial charge < -0.3 is 0 Å². The molecule has 3 aromatic heterocycles. The van der Waals surface area contributed by atoms with Crippen molar-refractivity contribution in [3.8, 4) is 16.9 Å². The molecule has 0 spiro atoms. The van der Waals surface area contributed by atoms with Crippen LogP contribution in [-0.2, 0) is 0 Å². The van der Waals surface area contributed by atoms with Crippen LogP contribution >= 0.6 is 11.3 Å². The summed E-state index contributed by atoms with van der Waals surface area (Å²) in [6.07, 6.45) is 1.55. The van der Waals surface area contributed by atoms with Gasteiger partial charge in [-0.2, -0.15) is 11.3 Å². The van der Waals surface area contributed by atoms with Crippen LogP contribution in [0.5, 0.6) is 0 Å². The molecular formula is C17H11N3OS. The van der Waals surface area contributed by atoms with E-state index in [-0.39, 0.29) is 5.56 Å². The predicted octanol–water partition coefficient (Wildman–Crippen LogP) is 3.51. The van der Waals surface area contributed by atoms with Crippen LogP contribution in [0.15, 0.2) is 70.4 Å². The van der Waals surface area contributed by atoms with E-state index in [1.807, 2.05) is 59.3 Å². The molecule has 0 N–H and O–H groups in total. The number of benzene rings is 1. The van der Waals surface area contributed by atoms with E-state index in [1.165, 1.54) is 4.57 Å². The highest BCUT2D eigenvalue weighted by Crippen LogP contribution is 2.21. The molecule has 5 heteroatoms. The van der Waals surface area contributed by atoms with Crippen molar-refractivity contribution in [1.29, 1.82) is 0 Å². The summed E-state index contributed by atoms with van der Waals surface area (Å²) in [5.41, 5.74) is 3.42. The fourth-order valence-electron chi connectivity index (χ4n) is 2.34. The van der Waals surface area contributed by atoms with E-state index < -0.39 is 0 Å². The summed E-state index contributed by atoms with van der Waals surface area (Å²) < 4.78 is 1.52. The third-order valence-electron chi connectivity index (χ3n) is 3.46. The average Bonchev–Trinajstić information content (AvgIpc) is 3.10. The number of thiophene rings is 1. The quantitative estimate of drug-likeness (QED) is 0.569. The van der Waals surface area contributed by atoms with E-state index in [2.05, 4.69) is 9.97 Å². The minimum Gasteiger partial charge on any atom is -0.266 e. The Morgan fingerprint density at radius 2 is 1.86 bits per heavy atom. The highest BCUT2D eigenvalue weighted by molar-refractivity contribution is 7.08. The number of hydrogen-bond donors (Lipinski definition) is 0. The second-order valence-corrected chi connectivity index (χ2v) is 5.61. The zero-order chi connectivity index (χ0) is 14.9. The van der Waals surface area contributed by atoms with Crippen molar-refractivity contribution in [1.82, 2.24) is 14.5 Å². The number of hydrogen-bond acceptors (Lipinski definition) is 4. The third kappa shape index (κ3) is 2.12. The average molecular weight is 305 g/mol. The Kier molecular flexibility index (Phi) is 3.05. The lowest BCUT2D eigenvalue weighted by Gasteiger charge is -2.06. The van der Waals surface area contributed by atoms with Crippen LogP contribution in [0.1, 0.15) is 0 Å². The molecule has 0 atom stereocenters. The van der Waals surface area contributed by atoms with E-state index in [4.69, 9.17) is 0 Å². The fraction of sp³-hybridized carbons (Fsp3) is 0. The lowest BCUT2D eigenvalue weighted by molar-refractivity contribution is 0.956. The third-order valence-corrected chi connectivity index (χ3v) is 4.14. The Morgan fingerprint density at radius 3 is 2.64 bits per heavy atom. The number of pyridine rings is 1. The molecule has 0 fully saturated rings. The normalized spacial score (nSPS) is 10.9. The lowest BCUT2D eigenvalue weighted by Crippen LogP contribution is -2.19. The van der Waals surface area contributed by atoms with Crippen LogP contribution in [0.25, 0.3) is 28.0 Å². The number of para-hydroxylation sites is 1. The number of aromatic nitrogens is 3. The van der Waals surface area contributed by atoms with Gasteiger partial charge in [0.15, 0.2) is 5.52 Å². The van der Waals surface area contributed by atoms with E-state index in [1.54, 1.807) is 17.7 Å². The first kappa shape index (κ1) is 12.9. The molecule has 0 amide bonds. The van der Waals surface area contributed by atoms with Crippen molar-refractivity contribution in [2.24, 2.45) is 0 Å². The van der Waals surface area contributed by atoms with E-state index >= 15 is 0 Å². The van der Waals surface area contributed by atoms with Crippen molar-refractivity contribution in [2.45, 2.75) is 0 Å². The molecule has 106 valence electrons. The summed E-state index contributed by atoms with van der Waals surface area (Å²) in [6.45, 7) is 0. The van der Waals surface area contributed by atoms with Crippen molar-refractivity contribution < 1.29 is 0 Å². The molecule has 4 aromatic rings. The second-order valence-electron chi connectivity index (χ2n) is 4.83. The predicted molar refractivity (Wildman–Crippen MR) is 88.4 cm³/mol. The first-order valence-electron chi connectivity index (χ1n) is 6.79. The molecule has 1 aromatic carbocycles. The second kappa shape index (κ2) is 5.20. The Morgan fingerprint density at radius 1 is 1.00 bits per heavy atom. The van der Waals surface area contributed by atoms with Crippen LogP contribution < -0.4 is 5.56 Å². The van der Waals surface area contributed by atoms with Gasteiger partial charge in [-0.05, 0) is 35.7 Å². The van der Waals surface area contributed by atoms with Crippen molar-refractivity contribution in [2.75, 3.05) is 0 Å². The van der Waals surface area contributed by atoms with Crippen LogP contribution in [0.3, 0.4) is 0 Å². The fourth-order valence-corrected chi connectivity index (χ4v) is 2.99. The molecule has 0 aliphatic rings. The molecule has 0 saturated heterocycles. The zero-order valence-corrected chi connectivity index (χ0v) is 12.3. The monoisotopic (exact) mass is 305 g/mol. The van der Waals surface area contributed by atoms with Gasteiger partial charge in [-0.1, -0.05) is 18.2 Å². The summed E-state index contributed by atoms with van der Waals surface area (Å²) in [4.78, 5) is 21.6. The molecule has 3 heterocycles. The van der Waals surface area contributed by atoms with Crippen molar-refractivity contribution in [3.63, 3.8) is 0 Å². The smallest absolute Gasteiger partial charge is 0.266 e. The van der Waals surface area contributed by atoms with Crippen LogP contribution in [0.2, 0.25) is 0 Å². The van der Waals surface area contributed by atoms with Gasteiger partial charge in [0.2, 0.25) is 0 Å². The van der Waals surface area contributed by atoms with Gasteiger partial charge in [0, 0.05) is 10.9 Å². The Labute approximate surface area is 130 Å². The molecule has 0 unspecified atom stereocenters. The summed E-state index contributed by atoms with van der Waals surface area (Å²) in [6, 6.07) is 15.2. The van der Waals surface area contributed by atoms with E-state index in [9.17, 15) is 4.79 Å². The lowest BCUT2D eigenvalue weighted by atomic mass is 10.2. The van der Waals surface area contributed by atoms with E-state index in [0.29, 0.717) is 11.0 Å². The van der Waals surface area contributed by atoms with Gasteiger partial charge in [-0.3, -0.25) is 9.36 Å². The topological polar surface area (TPSA) is 47.8 Å². The summed E-state index contributed by atoms with van der Waals surface area (Å²) in [7, 11) is 0. The van der Waals surface area contributed by atoms with Gasteiger partial charge in [0.05, 0.1) is 16.9 Å². The Balaban J connectivity index is 1.96. The molecule has 4 rings (SSSR count). The Bertz CT molecular complexity index is 992. The van der Waals surface area contributed by atoms with E-state index in [0.717, 1.165) is 16.9 Å². The zero-order valence-electron chi connectivity index (χ0n) is 11.5. The molecule has 0 aliphatic heterocycles. The van der Waals surface area contributed by atoms with Gasteiger partial charge >= 0.3 is 0 Å². The van der Waals surface area contributed by atoms with Crippen LogP contribution in [0.4, 0.5) is 0 Å². The molecule has 22 heavy (non-hydrogen) atoms. The van der Waals surface area contributed by atoms with Gasteiger partial charge in [0.1, 0.15) is 6.33 Å². The largest absolute Gasteiger partial charge is 0.284 e. The first-order valence-corrected chi connectivity index (χ1v) is 7.73. The number of nitrogens with zero attached hydrogens (tertiary/aromatic N) is 3. The molecule has 0 saturated carbocycles. The minimum atomic E-state index is -0.159. The highest BCUT2D eigenvalue weighted by Gasteiger charge is 2.09. The molecular weight excluding hydrogens is 294 g/mol. The summed E-state index contributed by atoms with van der Waals surface area (Å²) >= 11 is 1.61. The summed E-state index contributed by atoms with van der Waals surface area (Å²) in [5, 5.41) is 4.01. The van der Waals surface area contributed by atoms with Crippen LogP contribution in [-0.4, -0.2) is 14.5 Å². The molecule has 0 radical (unpaired) electrons. The maximum atomic E-state index is 12.7. The SMILES string of the molecule is O=c1c2nc(-c3ccsc3)ccc2ncn1-c1ccccc1. The minimum absolute atomic E-state index is 0.159. The van der Waals surface area contributed by atoms with Crippen molar-refractivity contribution in [3.05, 3.63) is 76.0 Å². The molecule has 0 aliphatic carbocycles. The number of fused-ring (bicyclic) bond motifs is 1. The number of rotatable bonds is 2. The Hall–Kier alpha value is -2.79. The first-order chi connectivity index (χ1) is 10.8.